The van der Waals surface area contributed by atoms with Crippen molar-refractivity contribution in [2.45, 2.75) is 96.1 Å². The average Bonchev–Trinajstić information content (AvgIpc) is 2.73. The van der Waals surface area contributed by atoms with Gasteiger partial charge < -0.3 is 0 Å². The van der Waals surface area contributed by atoms with E-state index in [4.69, 9.17) is 0 Å². The number of allylic oxidation sites excluding steroid dienone is 2. The second-order valence-electron chi connectivity index (χ2n) is 9.74. The van der Waals surface area contributed by atoms with E-state index in [1.54, 1.807) is 0 Å². The number of hydrogen-bond donors (Lipinski definition) is 0. The molecule has 30 heavy (non-hydrogen) atoms. The van der Waals surface area contributed by atoms with Gasteiger partial charge in [0.15, 0.2) is 5.83 Å². The zero-order valence-corrected chi connectivity index (χ0v) is 18.2. The van der Waals surface area contributed by atoms with Crippen LogP contribution in [0.1, 0.15) is 94.6 Å². The van der Waals surface area contributed by atoms with Crippen LogP contribution in [0.4, 0.5) is 17.6 Å². The van der Waals surface area contributed by atoms with Crippen molar-refractivity contribution in [1.82, 2.24) is 0 Å². The van der Waals surface area contributed by atoms with Crippen molar-refractivity contribution in [3.05, 3.63) is 47.3 Å². The van der Waals surface area contributed by atoms with Gasteiger partial charge in [0.2, 0.25) is 0 Å². The topological polar surface area (TPSA) is 0 Å². The van der Waals surface area contributed by atoms with E-state index in [1.165, 1.54) is 56.1 Å². The Balaban J connectivity index is 1.37. The van der Waals surface area contributed by atoms with Crippen LogP contribution in [-0.2, 0) is 6.42 Å². The Labute approximate surface area is 179 Å². The number of unbranched alkanes of at least 4 members (excludes halogenated alkanes) is 1. The minimum atomic E-state index is -4.85. The normalized spacial score (nSPS) is 28.5. The van der Waals surface area contributed by atoms with E-state index in [1.807, 2.05) is 0 Å². The number of benzene rings is 1. The first-order valence-corrected chi connectivity index (χ1v) is 11.8. The molecule has 0 radical (unpaired) electrons. The van der Waals surface area contributed by atoms with Crippen LogP contribution in [0.25, 0.3) is 0 Å². The van der Waals surface area contributed by atoms with Crippen molar-refractivity contribution in [3.63, 3.8) is 0 Å². The minimum absolute atomic E-state index is 0.297. The van der Waals surface area contributed by atoms with Crippen molar-refractivity contribution >= 4 is 0 Å². The van der Waals surface area contributed by atoms with Gasteiger partial charge >= 0.3 is 6.18 Å². The fraction of sp³-hybridized carbons (Fsp3) is 0.692. The van der Waals surface area contributed by atoms with Gasteiger partial charge in [0.1, 0.15) is 0 Å². The third kappa shape index (κ3) is 7.13. The first-order chi connectivity index (χ1) is 14.3. The van der Waals surface area contributed by atoms with Gasteiger partial charge in [-0.15, -0.1) is 0 Å². The van der Waals surface area contributed by atoms with Gasteiger partial charge in [0, 0.05) is 0 Å². The summed E-state index contributed by atoms with van der Waals surface area (Å²) in [6.45, 7) is 2.37. The van der Waals surface area contributed by atoms with Crippen molar-refractivity contribution < 1.29 is 17.6 Å². The van der Waals surface area contributed by atoms with Crippen LogP contribution in [0.5, 0.6) is 0 Å². The first kappa shape index (κ1) is 23.3. The van der Waals surface area contributed by atoms with E-state index >= 15 is 0 Å². The number of hydrogen-bond acceptors (Lipinski definition) is 0. The van der Waals surface area contributed by atoms with Crippen LogP contribution in [0, 0.1) is 17.8 Å². The fourth-order valence-corrected chi connectivity index (χ4v) is 5.26. The average molecular weight is 425 g/mol. The molecule has 168 valence electrons. The number of rotatable bonds is 7. The van der Waals surface area contributed by atoms with E-state index < -0.39 is 12.0 Å². The molecule has 2 saturated carbocycles. The van der Waals surface area contributed by atoms with Crippen molar-refractivity contribution in [1.29, 1.82) is 0 Å². The van der Waals surface area contributed by atoms with Crippen LogP contribution in [-0.4, -0.2) is 6.18 Å². The first-order valence-electron chi connectivity index (χ1n) is 11.8. The highest BCUT2D eigenvalue weighted by atomic mass is 19.4. The Morgan fingerprint density at radius 3 is 2.13 bits per heavy atom. The summed E-state index contributed by atoms with van der Waals surface area (Å²) >= 11 is 0. The molecule has 0 aromatic heterocycles. The van der Waals surface area contributed by atoms with Gasteiger partial charge in [-0.25, -0.2) is 4.39 Å². The molecule has 0 bridgehead atoms. The predicted molar refractivity (Wildman–Crippen MR) is 115 cm³/mol. The lowest BCUT2D eigenvalue weighted by Crippen LogP contribution is -2.15. The summed E-state index contributed by atoms with van der Waals surface area (Å²) < 4.78 is 50.2. The molecule has 1 aromatic rings. The fourth-order valence-electron chi connectivity index (χ4n) is 5.26. The molecule has 0 saturated heterocycles. The number of halogens is 4. The molecule has 0 spiro atoms. The van der Waals surface area contributed by atoms with Gasteiger partial charge in [-0.1, -0.05) is 69.7 Å². The summed E-state index contributed by atoms with van der Waals surface area (Å²) in [5.41, 5.74) is 2.65. The minimum Gasteiger partial charge on any atom is -0.202 e. The van der Waals surface area contributed by atoms with E-state index in [0.29, 0.717) is 18.8 Å². The molecule has 0 N–H and O–H groups in total. The van der Waals surface area contributed by atoms with Crippen LogP contribution >= 0.6 is 0 Å². The highest BCUT2D eigenvalue weighted by molar-refractivity contribution is 5.26. The summed E-state index contributed by atoms with van der Waals surface area (Å²) in [5, 5.41) is 0. The third-order valence-corrected chi connectivity index (χ3v) is 7.34. The molecule has 2 fully saturated rings. The Morgan fingerprint density at radius 1 is 0.900 bits per heavy atom. The van der Waals surface area contributed by atoms with Crippen molar-refractivity contribution in [3.8, 4) is 0 Å². The van der Waals surface area contributed by atoms with E-state index in [2.05, 4.69) is 31.2 Å². The van der Waals surface area contributed by atoms with Crippen LogP contribution in [0.3, 0.4) is 0 Å². The maximum Gasteiger partial charge on any atom is 0.442 e. The largest absolute Gasteiger partial charge is 0.442 e. The molecule has 1 aromatic carbocycles. The van der Waals surface area contributed by atoms with Gasteiger partial charge in [-0.05, 0) is 79.4 Å². The lowest BCUT2D eigenvalue weighted by atomic mass is 9.78. The Morgan fingerprint density at radius 2 is 1.53 bits per heavy atom. The lowest BCUT2D eigenvalue weighted by molar-refractivity contribution is -0.109. The summed E-state index contributed by atoms with van der Waals surface area (Å²) in [4.78, 5) is 0. The molecule has 0 nitrogen and oxygen atoms in total. The third-order valence-electron chi connectivity index (χ3n) is 7.34. The maximum absolute atomic E-state index is 13.1. The molecular weight excluding hydrogens is 388 g/mol. The molecule has 0 heterocycles. The van der Waals surface area contributed by atoms with Crippen molar-refractivity contribution in [2.24, 2.45) is 17.8 Å². The molecule has 0 atom stereocenters. The maximum atomic E-state index is 13.1. The highest BCUT2D eigenvalue weighted by Gasteiger charge is 2.35. The molecule has 3 rings (SSSR count). The molecule has 0 unspecified atom stereocenters. The molecular formula is C26H36F4. The Bertz CT molecular complexity index is 657. The summed E-state index contributed by atoms with van der Waals surface area (Å²) in [5.74, 6) is 0.0136. The number of alkyl halides is 3. The standard InChI is InChI=1S/C26H36F4/c1-19-6-8-20(9-7-19)4-2-3-5-21-10-14-23(15-11-21)24-16-12-22(13-17-24)18-25(27)26(28,29)30/h10-11,14-15,18-20,22,24H,2-9,12-13,16-17H2,1H3. The highest BCUT2D eigenvalue weighted by Crippen LogP contribution is 2.38. The summed E-state index contributed by atoms with van der Waals surface area (Å²) in [6.07, 6.45) is 9.52. The van der Waals surface area contributed by atoms with Gasteiger partial charge in [0.05, 0.1) is 0 Å². The summed E-state index contributed by atoms with van der Waals surface area (Å²) in [6, 6.07) is 8.81. The van der Waals surface area contributed by atoms with Gasteiger partial charge in [0.25, 0.3) is 0 Å². The molecule has 2 aliphatic rings. The van der Waals surface area contributed by atoms with Crippen LogP contribution in [0.2, 0.25) is 0 Å². The number of aryl methyl sites for hydroxylation is 1. The lowest BCUT2D eigenvalue weighted by Gasteiger charge is -2.27. The smallest absolute Gasteiger partial charge is 0.202 e. The molecule has 4 heteroatoms. The van der Waals surface area contributed by atoms with Gasteiger partial charge in [-0.2, -0.15) is 13.2 Å². The zero-order chi connectivity index (χ0) is 21.6. The van der Waals surface area contributed by atoms with Gasteiger partial charge in [-0.3, -0.25) is 0 Å². The van der Waals surface area contributed by atoms with E-state index in [0.717, 1.165) is 37.2 Å². The SMILES string of the molecule is CC1CCC(CCCCc2ccc(C3CCC(C=C(F)C(F)(F)F)CC3)cc2)CC1. The molecule has 0 aliphatic heterocycles. The Kier molecular flexibility index (Phi) is 8.42. The predicted octanol–water partition coefficient (Wildman–Crippen LogP) is 8.92. The molecule has 2 aliphatic carbocycles. The quantitative estimate of drug-likeness (QED) is 0.303. The van der Waals surface area contributed by atoms with Crippen molar-refractivity contribution in [2.75, 3.05) is 0 Å². The summed E-state index contributed by atoms with van der Waals surface area (Å²) in [7, 11) is 0. The molecule has 0 amide bonds. The van der Waals surface area contributed by atoms with E-state index in [-0.39, 0.29) is 5.92 Å². The zero-order valence-electron chi connectivity index (χ0n) is 18.2. The Hall–Kier alpha value is -1.32. The van der Waals surface area contributed by atoms with Crippen LogP contribution in [0.15, 0.2) is 36.2 Å². The van der Waals surface area contributed by atoms with Crippen LogP contribution < -0.4 is 0 Å². The second kappa shape index (κ2) is 10.8. The monoisotopic (exact) mass is 424 g/mol. The second-order valence-corrected chi connectivity index (χ2v) is 9.74. The van der Waals surface area contributed by atoms with E-state index in [9.17, 15) is 17.6 Å².